The molecule has 2 heterocycles. The van der Waals surface area contributed by atoms with Gasteiger partial charge in [0.05, 0.1) is 13.7 Å². The van der Waals surface area contributed by atoms with E-state index in [9.17, 15) is 4.79 Å². The summed E-state index contributed by atoms with van der Waals surface area (Å²) in [6.45, 7) is 0.569. The van der Waals surface area contributed by atoms with Gasteiger partial charge in [-0.25, -0.2) is 4.68 Å². The Labute approximate surface area is 194 Å². The van der Waals surface area contributed by atoms with Crippen molar-refractivity contribution in [2.75, 3.05) is 12.4 Å². The van der Waals surface area contributed by atoms with Crippen LogP contribution in [0.25, 0.3) is 0 Å². The second kappa shape index (κ2) is 9.76. The molecule has 10 heteroatoms. The second-order valence-electron chi connectivity index (χ2n) is 6.76. The van der Waals surface area contributed by atoms with Gasteiger partial charge in [-0.2, -0.15) is 10.2 Å². The molecule has 1 N–H and O–H groups in total. The molecule has 0 aliphatic carbocycles. The van der Waals surface area contributed by atoms with Crippen LogP contribution in [0.3, 0.4) is 0 Å². The van der Waals surface area contributed by atoms with Gasteiger partial charge in [-0.15, -0.1) is 0 Å². The first kappa shape index (κ1) is 21.7. The lowest BCUT2D eigenvalue weighted by Gasteiger charge is -2.07. The normalized spacial score (nSPS) is 10.7. The average molecular weight is 472 g/mol. The van der Waals surface area contributed by atoms with Crippen molar-refractivity contribution in [1.29, 1.82) is 0 Å². The minimum Gasteiger partial charge on any atom is -0.497 e. The SMILES string of the molecule is COc1ccc(OCn2ccc(C(=O)Nc3nn(Cc4ccccc4Cl)cc3Cl)n2)cc1. The molecule has 8 nitrogen and oxygen atoms in total. The maximum atomic E-state index is 12.6. The van der Waals surface area contributed by atoms with E-state index >= 15 is 0 Å². The number of nitrogens with zero attached hydrogens (tertiary/aromatic N) is 4. The minimum absolute atomic E-state index is 0.146. The molecule has 4 aromatic rings. The average Bonchev–Trinajstić information content (AvgIpc) is 3.41. The third kappa shape index (κ3) is 5.22. The summed E-state index contributed by atoms with van der Waals surface area (Å²) < 4.78 is 13.9. The predicted molar refractivity (Wildman–Crippen MR) is 122 cm³/mol. The Kier molecular flexibility index (Phi) is 6.63. The fourth-order valence-electron chi connectivity index (χ4n) is 2.90. The molecule has 0 bridgehead atoms. The molecule has 0 radical (unpaired) electrons. The molecular formula is C22H19Cl2N5O3. The number of anilines is 1. The van der Waals surface area contributed by atoms with Gasteiger partial charge < -0.3 is 14.8 Å². The van der Waals surface area contributed by atoms with Crippen molar-refractivity contribution in [2.24, 2.45) is 0 Å². The summed E-state index contributed by atoms with van der Waals surface area (Å²) in [5.74, 6) is 1.21. The Morgan fingerprint density at radius 2 is 1.72 bits per heavy atom. The summed E-state index contributed by atoms with van der Waals surface area (Å²) in [6.07, 6.45) is 3.28. The van der Waals surface area contributed by atoms with Crippen LogP contribution in [0.1, 0.15) is 16.1 Å². The molecule has 0 aliphatic rings. The summed E-state index contributed by atoms with van der Waals surface area (Å²) in [5.41, 5.74) is 1.10. The molecule has 0 unspecified atom stereocenters. The molecule has 0 spiro atoms. The Morgan fingerprint density at radius 3 is 2.47 bits per heavy atom. The molecule has 4 rings (SSSR count). The Morgan fingerprint density at radius 1 is 0.969 bits per heavy atom. The van der Waals surface area contributed by atoms with Crippen LogP contribution in [0, 0.1) is 0 Å². The van der Waals surface area contributed by atoms with Crippen LogP contribution >= 0.6 is 23.2 Å². The quantitative estimate of drug-likeness (QED) is 0.401. The molecule has 1 amide bonds. The van der Waals surface area contributed by atoms with Crippen LogP contribution in [0.5, 0.6) is 11.5 Å². The lowest BCUT2D eigenvalue weighted by molar-refractivity contribution is 0.101. The second-order valence-corrected chi connectivity index (χ2v) is 7.57. The number of aromatic nitrogens is 4. The highest BCUT2D eigenvalue weighted by molar-refractivity contribution is 6.33. The first-order valence-electron chi connectivity index (χ1n) is 9.60. The fourth-order valence-corrected chi connectivity index (χ4v) is 3.30. The van der Waals surface area contributed by atoms with E-state index in [1.165, 1.54) is 4.68 Å². The summed E-state index contributed by atoms with van der Waals surface area (Å²) in [4.78, 5) is 12.6. The standard InChI is InChI=1S/C22H19Cl2N5O3/c1-31-16-6-8-17(9-7-16)32-14-28-11-10-20(26-28)22(30)25-21-19(24)13-29(27-21)12-15-4-2-3-5-18(15)23/h2-11,13H,12,14H2,1H3,(H,25,27,30). The maximum Gasteiger partial charge on any atom is 0.277 e. The molecule has 0 atom stereocenters. The Bertz CT molecular complexity index is 1220. The van der Waals surface area contributed by atoms with Crippen molar-refractivity contribution >= 4 is 34.9 Å². The van der Waals surface area contributed by atoms with Gasteiger partial charge in [0.2, 0.25) is 0 Å². The molecule has 0 saturated carbocycles. The van der Waals surface area contributed by atoms with E-state index in [0.29, 0.717) is 22.3 Å². The van der Waals surface area contributed by atoms with Gasteiger partial charge in [0.15, 0.2) is 18.2 Å². The molecule has 32 heavy (non-hydrogen) atoms. The lowest BCUT2D eigenvalue weighted by Crippen LogP contribution is -2.15. The number of hydrogen-bond donors (Lipinski definition) is 1. The van der Waals surface area contributed by atoms with Gasteiger partial charge in [0.1, 0.15) is 16.5 Å². The number of rotatable bonds is 8. The third-order valence-electron chi connectivity index (χ3n) is 4.54. The maximum absolute atomic E-state index is 12.6. The number of hydrogen-bond acceptors (Lipinski definition) is 5. The smallest absolute Gasteiger partial charge is 0.277 e. The van der Waals surface area contributed by atoms with E-state index < -0.39 is 5.91 Å². The van der Waals surface area contributed by atoms with Crippen molar-refractivity contribution in [3.8, 4) is 11.5 Å². The Balaban J connectivity index is 1.36. The number of ether oxygens (including phenoxy) is 2. The van der Waals surface area contributed by atoms with Crippen molar-refractivity contribution < 1.29 is 14.3 Å². The van der Waals surface area contributed by atoms with E-state index in [0.717, 1.165) is 11.3 Å². The summed E-state index contributed by atoms with van der Waals surface area (Å²) in [7, 11) is 1.60. The van der Waals surface area contributed by atoms with E-state index in [1.54, 1.807) is 60.6 Å². The number of carbonyl (C=O) groups is 1. The first-order chi connectivity index (χ1) is 15.5. The number of halogens is 2. The molecule has 0 aliphatic heterocycles. The first-order valence-corrected chi connectivity index (χ1v) is 10.4. The highest BCUT2D eigenvalue weighted by Gasteiger charge is 2.15. The summed E-state index contributed by atoms with van der Waals surface area (Å²) in [6, 6.07) is 16.2. The van der Waals surface area contributed by atoms with Crippen molar-refractivity contribution in [2.45, 2.75) is 13.3 Å². The van der Waals surface area contributed by atoms with E-state index in [-0.39, 0.29) is 18.2 Å². The van der Waals surface area contributed by atoms with Gasteiger partial charge in [-0.05, 0) is 42.0 Å². The molecule has 0 fully saturated rings. The van der Waals surface area contributed by atoms with Crippen LogP contribution in [-0.4, -0.2) is 32.6 Å². The molecule has 164 valence electrons. The van der Waals surface area contributed by atoms with Gasteiger partial charge >= 0.3 is 0 Å². The third-order valence-corrected chi connectivity index (χ3v) is 5.18. The number of nitrogens with one attached hydrogen (secondary N) is 1. The van der Waals surface area contributed by atoms with E-state index in [1.807, 2.05) is 18.2 Å². The van der Waals surface area contributed by atoms with Gasteiger partial charge in [0.25, 0.3) is 5.91 Å². The largest absolute Gasteiger partial charge is 0.497 e. The minimum atomic E-state index is -0.432. The summed E-state index contributed by atoms with van der Waals surface area (Å²) >= 11 is 12.4. The zero-order valence-electron chi connectivity index (χ0n) is 17.0. The van der Waals surface area contributed by atoms with Crippen LogP contribution in [0.15, 0.2) is 67.0 Å². The van der Waals surface area contributed by atoms with Gasteiger partial charge in [0, 0.05) is 17.4 Å². The molecular weight excluding hydrogens is 453 g/mol. The zero-order chi connectivity index (χ0) is 22.5. The number of benzene rings is 2. The van der Waals surface area contributed by atoms with Gasteiger partial charge in [-0.1, -0.05) is 41.4 Å². The van der Waals surface area contributed by atoms with E-state index in [4.69, 9.17) is 32.7 Å². The van der Waals surface area contributed by atoms with Crippen molar-refractivity contribution in [3.05, 3.63) is 88.3 Å². The highest BCUT2D eigenvalue weighted by Crippen LogP contribution is 2.22. The number of methoxy groups -OCH3 is 1. The van der Waals surface area contributed by atoms with Crippen molar-refractivity contribution in [1.82, 2.24) is 19.6 Å². The van der Waals surface area contributed by atoms with Crippen LogP contribution in [-0.2, 0) is 13.3 Å². The number of carbonyl (C=O) groups excluding carboxylic acids is 1. The highest BCUT2D eigenvalue weighted by atomic mass is 35.5. The number of amides is 1. The fraction of sp³-hybridized carbons (Fsp3) is 0.136. The summed E-state index contributed by atoms with van der Waals surface area (Å²) in [5, 5.41) is 12.2. The topological polar surface area (TPSA) is 83.2 Å². The van der Waals surface area contributed by atoms with E-state index in [2.05, 4.69) is 15.5 Å². The van der Waals surface area contributed by atoms with Gasteiger partial charge in [-0.3, -0.25) is 9.48 Å². The zero-order valence-corrected chi connectivity index (χ0v) is 18.5. The molecule has 2 aromatic heterocycles. The molecule has 2 aromatic carbocycles. The lowest BCUT2D eigenvalue weighted by atomic mass is 10.2. The monoisotopic (exact) mass is 471 g/mol. The van der Waals surface area contributed by atoms with Crippen LogP contribution in [0.4, 0.5) is 5.82 Å². The van der Waals surface area contributed by atoms with Crippen LogP contribution in [0.2, 0.25) is 10.0 Å². The van der Waals surface area contributed by atoms with Crippen molar-refractivity contribution in [3.63, 3.8) is 0 Å². The molecule has 0 saturated heterocycles. The van der Waals surface area contributed by atoms with Crippen LogP contribution < -0.4 is 14.8 Å². The Hall–Kier alpha value is -3.49. The predicted octanol–water partition coefficient (Wildman–Crippen LogP) is 4.73.